The van der Waals surface area contributed by atoms with E-state index < -0.39 is 36.2 Å². The van der Waals surface area contributed by atoms with Crippen molar-refractivity contribution in [2.24, 2.45) is 0 Å². The molecule has 156 valence electrons. The number of rotatable bonds is 13. The molecule has 0 fully saturated rings. The van der Waals surface area contributed by atoms with Gasteiger partial charge in [-0.25, -0.2) is 0 Å². The van der Waals surface area contributed by atoms with Gasteiger partial charge in [0.25, 0.3) is 0 Å². The van der Waals surface area contributed by atoms with Crippen LogP contribution in [0.1, 0.15) is 65.7 Å². The number of nitrogens with zero attached hydrogens (tertiary/aromatic N) is 1. The van der Waals surface area contributed by atoms with Crippen LogP contribution in [0.4, 0.5) is 0 Å². The van der Waals surface area contributed by atoms with Gasteiger partial charge in [-0.2, -0.15) is 0 Å². The molecule has 0 rings (SSSR count). The predicted molar refractivity (Wildman–Crippen MR) is 104 cm³/mol. The zero-order valence-electron chi connectivity index (χ0n) is 17.9. The number of amides is 2. The van der Waals surface area contributed by atoms with E-state index in [4.69, 9.17) is 4.74 Å². The van der Waals surface area contributed by atoms with Crippen LogP contribution in [-0.2, 0) is 23.9 Å². The van der Waals surface area contributed by atoms with E-state index in [0.29, 0.717) is 17.7 Å². The molecule has 0 radical (unpaired) electrons. The maximum atomic E-state index is 12.6. The van der Waals surface area contributed by atoms with E-state index in [1.807, 2.05) is 26.0 Å². The number of carbonyl (C=O) groups excluding carboxylic acids is 4. The van der Waals surface area contributed by atoms with Gasteiger partial charge >= 0.3 is 35.5 Å². The first-order valence-corrected chi connectivity index (χ1v) is 9.55. The number of esters is 1. The van der Waals surface area contributed by atoms with Crippen molar-refractivity contribution in [3.8, 4) is 0 Å². The molecule has 0 saturated heterocycles. The normalized spacial score (nSPS) is 12.1. The third kappa shape index (κ3) is 13.2. The molecule has 8 heteroatoms. The molecule has 0 aromatic rings. The van der Waals surface area contributed by atoms with E-state index in [-0.39, 0.29) is 42.4 Å². The van der Waals surface area contributed by atoms with Crippen LogP contribution in [0.2, 0.25) is 0 Å². The largest absolute Gasteiger partial charge is 1.00 e. The van der Waals surface area contributed by atoms with E-state index in [9.17, 15) is 24.3 Å². The zero-order chi connectivity index (χ0) is 21.4. The van der Waals surface area contributed by atoms with Crippen LogP contribution in [0.3, 0.4) is 0 Å². The van der Waals surface area contributed by atoms with Crippen molar-refractivity contribution in [1.29, 1.82) is 0 Å². The molecular formula is C21H30NNaO6. The maximum absolute atomic E-state index is 12.6. The number of ether oxygens (including phenoxy) is 1. The maximum Gasteiger partial charge on any atom is 1.00 e. The van der Waals surface area contributed by atoms with Crippen molar-refractivity contribution >= 4 is 23.8 Å². The Bertz CT molecular complexity index is 582. The van der Waals surface area contributed by atoms with Crippen molar-refractivity contribution in [2.75, 3.05) is 0 Å². The van der Waals surface area contributed by atoms with Gasteiger partial charge in [0, 0.05) is 12.8 Å². The molecule has 0 aromatic heterocycles. The van der Waals surface area contributed by atoms with Crippen LogP contribution in [-0.4, -0.2) is 34.7 Å². The van der Waals surface area contributed by atoms with Gasteiger partial charge in [-0.05, 0) is 32.6 Å². The fourth-order valence-electron chi connectivity index (χ4n) is 2.34. The van der Waals surface area contributed by atoms with Crippen molar-refractivity contribution in [2.45, 2.75) is 71.8 Å². The molecule has 0 heterocycles. The Balaban J connectivity index is 0. The molecule has 29 heavy (non-hydrogen) atoms. The fraction of sp³-hybridized carbons (Fsp3) is 0.524. The second kappa shape index (κ2) is 18.3. The number of imide groups is 1. The van der Waals surface area contributed by atoms with Crippen molar-refractivity contribution in [3.05, 3.63) is 36.6 Å². The number of allylic oxidation sites excluding steroid dienone is 5. The Morgan fingerprint density at radius 2 is 1.41 bits per heavy atom. The summed E-state index contributed by atoms with van der Waals surface area (Å²) in [6.07, 6.45) is 11.5. The van der Waals surface area contributed by atoms with Gasteiger partial charge in [-0.1, -0.05) is 44.2 Å². The topological polar surface area (TPSA) is 104 Å². The smallest absolute Gasteiger partial charge is 0.548 e. The van der Waals surface area contributed by atoms with E-state index >= 15 is 0 Å². The summed E-state index contributed by atoms with van der Waals surface area (Å²) < 4.78 is 4.73. The summed E-state index contributed by atoms with van der Waals surface area (Å²) in [6.45, 7) is 5.51. The second-order valence-electron chi connectivity index (χ2n) is 5.99. The number of carboxylic acid groups (broad SMARTS) is 1. The van der Waals surface area contributed by atoms with Gasteiger partial charge in [0.2, 0.25) is 11.8 Å². The number of hydrogen-bond acceptors (Lipinski definition) is 6. The summed E-state index contributed by atoms with van der Waals surface area (Å²) in [5.41, 5.74) is 0. The van der Waals surface area contributed by atoms with Gasteiger partial charge in [0.15, 0.2) is 0 Å². The molecule has 0 aliphatic carbocycles. The van der Waals surface area contributed by atoms with Crippen LogP contribution in [0.15, 0.2) is 36.6 Å². The van der Waals surface area contributed by atoms with Gasteiger partial charge in [0.05, 0.1) is 24.7 Å². The number of carbonyl (C=O) groups is 4. The van der Waals surface area contributed by atoms with Crippen molar-refractivity contribution < 1.29 is 58.6 Å². The molecule has 1 atom stereocenters. The van der Waals surface area contributed by atoms with Gasteiger partial charge in [0.1, 0.15) is 0 Å². The molecule has 2 amide bonds. The van der Waals surface area contributed by atoms with E-state index in [2.05, 4.69) is 0 Å². The molecule has 0 spiro atoms. The van der Waals surface area contributed by atoms with Gasteiger partial charge in [-0.15, -0.1) is 0 Å². The van der Waals surface area contributed by atoms with Crippen LogP contribution in [0.5, 0.6) is 0 Å². The van der Waals surface area contributed by atoms with Gasteiger partial charge < -0.3 is 14.6 Å². The Hall–Kier alpha value is -1.70. The third-order valence-electron chi connectivity index (χ3n) is 3.67. The first-order chi connectivity index (χ1) is 13.4. The average Bonchev–Trinajstić information content (AvgIpc) is 2.66. The minimum Gasteiger partial charge on any atom is -0.548 e. The standard InChI is InChI=1S/C21H31NO6.Na/c1-4-7-9-11-13-18(23)22(19(24)14-12-10-8-5-2)17(21(26)27)16-20(25)28-15-6-3;/h6-10,15,17H,4-5,11-14,16H2,1-3H3,(H,26,27);/q;+1/p-1/b9-7+,10-8+,15-6+;. The number of carboxylic acids is 1. The minimum atomic E-state index is -1.71. The minimum absolute atomic E-state index is 0. The summed E-state index contributed by atoms with van der Waals surface area (Å²) >= 11 is 0. The Morgan fingerprint density at radius 3 is 1.79 bits per heavy atom. The van der Waals surface area contributed by atoms with Crippen LogP contribution in [0.25, 0.3) is 0 Å². The van der Waals surface area contributed by atoms with E-state index in [1.54, 1.807) is 19.1 Å². The SMILES string of the molecule is C/C=C/OC(=O)CC(C(=O)[O-])N(C(=O)CC/C=C/CC)C(=O)CC/C=C/CC.[Na+]. The molecule has 0 N–H and O–H groups in total. The Labute approximate surface area is 195 Å². The molecule has 0 aliphatic heterocycles. The number of hydrogen-bond donors (Lipinski definition) is 0. The predicted octanol–water partition coefficient (Wildman–Crippen LogP) is -0.576. The van der Waals surface area contributed by atoms with Gasteiger partial charge in [-0.3, -0.25) is 19.3 Å². The van der Waals surface area contributed by atoms with Crippen LogP contribution >= 0.6 is 0 Å². The third-order valence-corrected chi connectivity index (χ3v) is 3.67. The summed E-state index contributed by atoms with van der Waals surface area (Å²) in [6, 6.07) is -1.71. The quantitative estimate of drug-likeness (QED) is 0.173. The first kappa shape index (κ1) is 29.5. The monoisotopic (exact) mass is 415 g/mol. The van der Waals surface area contributed by atoms with Crippen LogP contribution < -0.4 is 34.7 Å². The molecule has 0 bridgehead atoms. The molecule has 0 aromatic carbocycles. The first-order valence-electron chi connectivity index (χ1n) is 9.55. The van der Waals surface area contributed by atoms with Crippen molar-refractivity contribution in [1.82, 2.24) is 4.90 Å². The van der Waals surface area contributed by atoms with E-state index in [0.717, 1.165) is 19.1 Å². The zero-order valence-corrected chi connectivity index (χ0v) is 19.9. The summed E-state index contributed by atoms with van der Waals surface area (Å²) in [4.78, 5) is 49.2. The van der Waals surface area contributed by atoms with Crippen molar-refractivity contribution in [3.63, 3.8) is 0 Å². The fourth-order valence-corrected chi connectivity index (χ4v) is 2.34. The molecular weight excluding hydrogens is 385 g/mol. The Kier molecular flexibility index (Phi) is 18.7. The molecule has 0 aliphatic rings. The van der Waals surface area contributed by atoms with E-state index in [1.165, 1.54) is 6.08 Å². The average molecular weight is 415 g/mol. The van der Waals surface area contributed by atoms with Crippen LogP contribution in [0, 0.1) is 0 Å². The number of aliphatic carboxylic acids is 1. The molecule has 7 nitrogen and oxygen atoms in total. The Morgan fingerprint density at radius 1 is 0.931 bits per heavy atom. The second-order valence-corrected chi connectivity index (χ2v) is 5.99. The summed E-state index contributed by atoms with van der Waals surface area (Å²) in [7, 11) is 0. The summed E-state index contributed by atoms with van der Waals surface area (Å²) in [5, 5.41) is 11.6. The molecule has 0 saturated carbocycles. The molecule has 1 unspecified atom stereocenters. The summed E-state index contributed by atoms with van der Waals surface area (Å²) in [5.74, 6) is -3.85.